The first-order valence-corrected chi connectivity index (χ1v) is 17.9. The standard InChI is InChI=1S/C41H39N3O7S/c1-5-48-32-20-18-29(19-21-32)37-36(38(45)43-31-11-9-8-10-12-31)26(4)42-41-44(37)39(46)35(52-41)24-28-15-22-33(34(23-28)49-6-2)51-25-27-13-16-30(17-14-27)40(47)50-7-3/h8-24,37H,5-7,25H2,1-4H3,(H,43,45)/b35-24-/t37-/m1/s1. The highest BCUT2D eigenvalue weighted by Crippen LogP contribution is 2.32. The Kier molecular flexibility index (Phi) is 11.3. The molecule has 1 aliphatic heterocycles. The fraction of sp³-hybridized carbons (Fsp3) is 0.220. The van der Waals surface area contributed by atoms with Gasteiger partial charge < -0.3 is 24.3 Å². The van der Waals surface area contributed by atoms with Gasteiger partial charge in [0.15, 0.2) is 16.3 Å². The molecule has 0 bridgehead atoms. The topological polar surface area (TPSA) is 117 Å². The van der Waals surface area contributed by atoms with Crippen molar-refractivity contribution in [2.75, 3.05) is 25.1 Å². The number of nitrogens with one attached hydrogen (secondary N) is 1. The first kappa shape index (κ1) is 35.9. The Hall–Kier alpha value is -5.94. The van der Waals surface area contributed by atoms with E-state index in [9.17, 15) is 14.4 Å². The second-order valence-electron chi connectivity index (χ2n) is 11.7. The monoisotopic (exact) mass is 717 g/mol. The van der Waals surface area contributed by atoms with Crippen molar-refractivity contribution in [1.82, 2.24) is 4.57 Å². The van der Waals surface area contributed by atoms with Gasteiger partial charge in [-0.1, -0.05) is 59.9 Å². The average Bonchev–Trinajstić information content (AvgIpc) is 3.45. The van der Waals surface area contributed by atoms with Gasteiger partial charge in [0.05, 0.1) is 47.2 Å². The summed E-state index contributed by atoms with van der Waals surface area (Å²) in [6, 6.07) is 28.5. The largest absolute Gasteiger partial charge is 0.494 e. The number of thiazole rings is 1. The van der Waals surface area contributed by atoms with Crippen molar-refractivity contribution in [2.45, 2.75) is 40.3 Å². The molecule has 5 aromatic rings. The molecule has 0 spiro atoms. The molecular weight excluding hydrogens is 679 g/mol. The normalized spacial score (nSPS) is 13.9. The summed E-state index contributed by atoms with van der Waals surface area (Å²) < 4.78 is 24.8. The zero-order valence-electron chi connectivity index (χ0n) is 29.4. The van der Waals surface area contributed by atoms with Crippen molar-refractivity contribution < 1.29 is 28.5 Å². The van der Waals surface area contributed by atoms with Crippen molar-refractivity contribution >= 4 is 35.0 Å². The Bertz CT molecular complexity index is 2280. The number of carbonyl (C=O) groups excluding carboxylic acids is 2. The molecule has 52 heavy (non-hydrogen) atoms. The summed E-state index contributed by atoms with van der Waals surface area (Å²) in [5.41, 5.74) is 4.09. The summed E-state index contributed by atoms with van der Waals surface area (Å²) in [5.74, 6) is 1.05. The van der Waals surface area contributed by atoms with E-state index in [1.165, 1.54) is 11.3 Å². The van der Waals surface area contributed by atoms with E-state index in [-0.39, 0.29) is 24.0 Å². The van der Waals surface area contributed by atoms with E-state index in [2.05, 4.69) is 5.32 Å². The van der Waals surface area contributed by atoms with E-state index in [0.717, 1.165) is 16.7 Å². The number of hydrogen-bond donors (Lipinski definition) is 1. The van der Waals surface area contributed by atoms with E-state index < -0.39 is 6.04 Å². The fourth-order valence-electron chi connectivity index (χ4n) is 5.83. The van der Waals surface area contributed by atoms with Crippen molar-refractivity contribution in [3.05, 3.63) is 150 Å². The van der Waals surface area contributed by atoms with Gasteiger partial charge in [0.2, 0.25) is 0 Å². The van der Waals surface area contributed by atoms with Crippen LogP contribution in [0.3, 0.4) is 0 Å². The van der Waals surface area contributed by atoms with Crippen molar-refractivity contribution in [2.24, 2.45) is 4.99 Å². The SMILES string of the molecule is CCOC(=O)c1ccc(COc2ccc(/C=c3\sc4n(c3=O)[C@H](c3ccc(OCC)cc3)C(C(=O)Nc3ccccc3)=C(C)N=4)cc2OCC)cc1. The lowest BCUT2D eigenvalue weighted by Gasteiger charge is -2.25. The van der Waals surface area contributed by atoms with Gasteiger partial charge in [-0.25, -0.2) is 9.79 Å². The van der Waals surface area contributed by atoms with Crippen LogP contribution >= 0.6 is 11.3 Å². The summed E-state index contributed by atoms with van der Waals surface area (Å²) in [7, 11) is 0. The number of allylic oxidation sites excluding steroid dienone is 1. The van der Waals surface area contributed by atoms with E-state index in [4.69, 9.17) is 23.9 Å². The van der Waals surface area contributed by atoms with Crippen LogP contribution in [0.1, 0.15) is 60.8 Å². The summed E-state index contributed by atoms with van der Waals surface area (Å²) in [4.78, 5) is 45.4. The third-order valence-electron chi connectivity index (χ3n) is 8.23. The Morgan fingerprint density at radius 1 is 0.846 bits per heavy atom. The number of benzene rings is 4. The second kappa shape index (κ2) is 16.4. The average molecular weight is 718 g/mol. The molecule has 4 aromatic carbocycles. The fourth-order valence-corrected chi connectivity index (χ4v) is 6.87. The van der Waals surface area contributed by atoms with E-state index >= 15 is 0 Å². The van der Waals surface area contributed by atoms with E-state index in [0.29, 0.717) is 68.9 Å². The van der Waals surface area contributed by atoms with Crippen LogP contribution in [0.2, 0.25) is 0 Å². The highest BCUT2D eigenvalue weighted by atomic mass is 32.1. The summed E-state index contributed by atoms with van der Waals surface area (Å²) in [5, 5.41) is 2.98. The maximum absolute atomic E-state index is 14.3. The molecule has 1 aromatic heterocycles. The Morgan fingerprint density at radius 3 is 2.27 bits per heavy atom. The van der Waals surface area contributed by atoms with Gasteiger partial charge >= 0.3 is 5.97 Å². The van der Waals surface area contributed by atoms with E-state index in [1.807, 2.05) is 92.7 Å². The molecule has 0 aliphatic carbocycles. The first-order valence-electron chi connectivity index (χ1n) is 17.1. The van der Waals surface area contributed by atoms with Crippen molar-refractivity contribution in [1.29, 1.82) is 0 Å². The molecule has 266 valence electrons. The van der Waals surface area contributed by atoms with Crippen LogP contribution in [-0.4, -0.2) is 36.3 Å². The van der Waals surface area contributed by atoms with Gasteiger partial charge in [-0.2, -0.15) is 0 Å². The molecule has 0 fully saturated rings. The number of amides is 1. The molecule has 6 rings (SSSR count). The number of aromatic nitrogens is 1. The lowest BCUT2D eigenvalue weighted by Crippen LogP contribution is -2.40. The zero-order chi connectivity index (χ0) is 36.6. The zero-order valence-corrected chi connectivity index (χ0v) is 30.2. The van der Waals surface area contributed by atoms with Crippen molar-refractivity contribution in [3.63, 3.8) is 0 Å². The molecule has 0 unspecified atom stereocenters. The molecule has 1 N–H and O–H groups in total. The van der Waals surface area contributed by atoms with Crippen LogP contribution in [0.5, 0.6) is 17.2 Å². The smallest absolute Gasteiger partial charge is 0.338 e. The summed E-state index contributed by atoms with van der Waals surface area (Å²) in [6.07, 6.45) is 1.79. The molecule has 10 nitrogen and oxygen atoms in total. The molecule has 0 saturated carbocycles. The first-order chi connectivity index (χ1) is 25.3. The minimum atomic E-state index is -0.723. The van der Waals surface area contributed by atoms with Crippen LogP contribution in [0.15, 0.2) is 118 Å². The van der Waals surface area contributed by atoms with E-state index in [1.54, 1.807) is 42.7 Å². The predicted molar refractivity (Wildman–Crippen MR) is 201 cm³/mol. The molecular formula is C41H39N3O7S. The highest BCUT2D eigenvalue weighted by Gasteiger charge is 2.32. The maximum atomic E-state index is 14.3. The quantitative estimate of drug-likeness (QED) is 0.140. The van der Waals surface area contributed by atoms with Gasteiger partial charge in [-0.3, -0.25) is 14.2 Å². The lowest BCUT2D eigenvalue weighted by molar-refractivity contribution is -0.113. The van der Waals surface area contributed by atoms with Crippen LogP contribution in [0.25, 0.3) is 6.08 Å². The predicted octanol–water partition coefficient (Wildman–Crippen LogP) is 6.43. The number of esters is 1. The second-order valence-corrected chi connectivity index (χ2v) is 12.8. The summed E-state index contributed by atoms with van der Waals surface area (Å²) >= 11 is 1.26. The minimum absolute atomic E-state index is 0.256. The van der Waals surface area contributed by atoms with Gasteiger partial charge in [0.25, 0.3) is 11.5 Å². The molecule has 0 radical (unpaired) electrons. The molecule has 1 atom stereocenters. The number of fused-ring (bicyclic) bond motifs is 1. The van der Waals surface area contributed by atoms with Gasteiger partial charge in [0.1, 0.15) is 12.4 Å². The Balaban J connectivity index is 1.33. The molecule has 11 heteroatoms. The Labute approximate surface area is 305 Å². The molecule has 2 heterocycles. The molecule has 1 aliphatic rings. The number of hydrogen-bond acceptors (Lipinski definition) is 9. The number of ether oxygens (including phenoxy) is 4. The number of para-hydroxylation sites is 1. The van der Waals surface area contributed by atoms with Crippen LogP contribution in [-0.2, 0) is 16.1 Å². The summed E-state index contributed by atoms with van der Waals surface area (Å²) in [6.45, 7) is 8.85. The third-order valence-corrected chi connectivity index (χ3v) is 9.21. The number of rotatable bonds is 13. The van der Waals surface area contributed by atoms with Crippen LogP contribution in [0, 0.1) is 0 Å². The number of nitrogens with zero attached hydrogens (tertiary/aromatic N) is 2. The van der Waals surface area contributed by atoms with Gasteiger partial charge in [0, 0.05) is 5.69 Å². The van der Waals surface area contributed by atoms with Crippen LogP contribution in [0.4, 0.5) is 5.69 Å². The highest BCUT2D eigenvalue weighted by molar-refractivity contribution is 7.07. The van der Waals surface area contributed by atoms with Crippen LogP contribution < -0.4 is 34.4 Å². The molecule has 1 amide bonds. The van der Waals surface area contributed by atoms with Gasteiger partial charge in [-0.05, 0) is 99.0 Å². The Morgan fingerprint density at radius 2 is 1.58 bits per heavy atom. The lowest BCUT2D eigenvalue weighted by atomic mass is 9.95. The van der Waals surface area contributed by atoms with Gasteiger partial charge in [-0.15, -0.1) is 0 Å². The third kappa shape index (κ3) is 8.00. The maximum Gasteiger partial charge on any atom is 0.338 e. The number of anilines is 1. The van der Waals surface area contributed by atoms with Crippen molar-refractivity contribution in [3.8, 4) is 17.2 Å². The minimum Gasteiger partial charge on any atom is -0.494 e. The number of carbonyl (C=O) groups is 2. The molecule has 0 saturated heterocycles.